The van der Waals surface area contributed by atoms with Gasteiger partial charge in [-0.2, -0.15) is 0 Å². The Morgan fingerprint density at radius 2 is 1.52 bits per heavy atom. The van der Waals surface area contributed by atoms with Gasteiger partial charge in [0.2, 0.25) is 0 Å². The molecule has 3 aromatic carbocycles. The summed E-state index contributed by atoms with van der Waals surface area (Å²) >= 11 is 0. The molecule has 4 nitrogen and oxygen atoms in total. The summed E-state index contributed by atoms with van der Waals surface area (Å²) < 4.78 is 0. The fraction of sp³-hybridized carbons (Fsp3) is 0.174. The van der Waals surface area contributed by atoms with Crippen LogP contribution in [-0.2, 0) is 19.6 Å². The van der Waals surface area contributed by atoms with E-state index in [4.69, 9.17) is 0 Å². The molecular formula is C23H23N3O. The summed E-state index contributed by atoms with van der Waals surface area (Å²) in [6.45, 7) is 4.81. The van der Waals surface area contributed by atoms with Crippen LogP contribution in [-0.4, -0.2) is 10.9 Å². The van der Waals surface area contributed by atoms with Gasteiger partial charge in [0.25, 0.3) is 0 Å². The zero-order chi connectivity index (χ0) is 18.6. The van der Waals surface area contributed by atoms with E-state index in [0.29, 0.717) is 0 Å². The highest BCUT2D eigenvalue weighted by Gasteiger charge is 2.19. The minimum absolute atomic E-state index is 0.224. The molecule has 0 saturated heterocycles. The molecule has 2 N–H and O–H groups in total. The van der Waals surface area contributed by atoms with E-state index in [1.54, 1.807) is 0 Å². The molecule has 1 aliphatic heterocycles. The molecule has 0 saturated carbocycles. The molecule has 2 amide bonds. The largest absolute Gasteiger partial charge is 0.323 e. The molecule has 4 heteroatoms. The first-order valence-electron chi connectivity index (χ1n) is 9.18. The highest BCUT2D eigenvalue weighted by Crippen LogP contribution is 2.27. The second kappa shape index (κ2) is 7.64. The Hall–Kier alpha value is -3.11. The van der Waals surface area contributed by atoms with Gasteiger partial charge < -0.3 is 10.6 Å². The van der Waals surface area contributed by atoms with Crippen LogP contribution in [0.1, 0.15) is 22.3 Å². The van der Waals surface area contributed by atoms with Crippen LogP contribution in [0.25, 0.3) is 0 Å². The second-order valence-electron chi connectivity index (χ2n) is 7.06. The number of nitrogens with one attached hydrogen (secondary N) is 2. The van der Waals surface area contributed by atoms with Gasteiger partial charge in [-0.05, 0) is 47.9 Å². The minimum Gasteiger partial charge on any atom is -0.308 e. The van der Waals surface area contributed by atoms with Crippen molar-refractivity contribution in [3.63, 3.8) is 0 Å². The molecule has 1 aliphatic rings. The van der Waals surface area contributed by atoms with Gasteiger partial charge in [0.15, 0.2) is 0 Å². The number of fused-ring (bicyclic) bond motifs is 1. The minimum atomic E-state index is -0.224. The number of hydrogen-bond donors (Lipinski definition) is 2. The lowest BCUT2D eigenvalue weighted by Gasteiger charge is -2.14. The van der Waals surface area contributed by atoms with Crippen molar-refractivity contribution in [2.75, 3.05) is 10.6 Å². The number of anilines is 2. The smallest absolute Gasteiger partial charge is 0.308 e. The van der Waals surface area contributed by atoms with Crippen molar-refractivity contribution in [3.8, 4) is 0 Å². The second-order valence-corrected chi connectivity index (χ2v) is 7.06. The van der Waals surface area contributed by atoms with E-state index in [9.17, 15) is 4.79 Å². The summed E-state index contributed by atoms with van der Waals surface area (Å²) in [5.41, 5.74) is 6.70. The van der Waals surface area contributed by atoms with Crippen LogP contribution in [0.4, 0.5) is 16.2 Å². The maximum absolute atomic E-state index is 12.2. The van der Waals surface area contributed by atoms with Gasteiger partial charge >= 0.3 is 6.03 Å². The average molecular weight is 357 g/mol. The lowest BCUT2D eigenvalue weighted by atomic mass is 10.1. The van der Waals surface area contributed by atoms with E-state index in [2.05, 4.69) is 51.9 Å². The highest BCUT2D eigenvalue weighted by molar-refractivity contribution is 5.99. The molecule has 0 radical (unpaired) electrons. The third kappa shape index (κ3) is 4.36. The predicted molar refractivity (Wildman–Crippen MR) is 110 cm³/mol. The number of carbonyl (C=O) groups excluding carboxylic acids is 1. The molecule has 1 heterocycles. The molecule has 3 aromatic rings. The fourth-order valence-corrected chi connectivity index (χ4v) is 3.43. The zero-order valence-electron chi connectivity index (χ0n) is 15.4. The summed E-state index contributed by atoms with van der Waals surface area (Å²) in [7, 11) is 0. The Labute approximate surface area is 159 Å². The summed E-state index contributed by atoms with van der Waals surface area (Å²) in [6.07, 6.45) is 0. The Bertz CT molecular complexity index is 936. The number of carbonyl (C=O) groups is 1. The number of benzene rings is 3. The van der Waals surface area contributed by atoms with Gasteiger partial charge in [0.1, 0.15) is 0 Å². The van der Waals surface area contributed by atoms with Crippen molar-refractivity contribution in [2.24, 2.45) is 0 Å². The number of aryl methyl sites for hydroxylation is 1. The monoisotopic (exact) mass is 357 g/mol. The first kappa shape index (κ1) is 17.3. The molecule has 27 heavy (non-hydrogen) atoms. The van der Waals surface area contributed by atoms with Gasteiger partial charge in [-0.25, -0.2) is 4.79 Å². The molecule has 0 fully saturated rings. The van der Waals surface area contributed by atoms with E-state index in [0.717, 1.165) is 31.0 Å². The lowest BCUT2D eigenvalue weighted by Crippen LogP contribution is -2.19. The van der Waals surface area contributed by atoms with Crippen molar-refractivity contribution in [3.05, 3.63) is 95.1 Å². The van der Waals surface area contributed by atoms with Crippen LogP contribution in [0.2, 0.25) is 0 Å². The van der Waals surface area contributed by atoms with Crippen molar-refractivity contribution < 1.29 is 4.79 Å². The molecule has 0 aliphatic carbocycles. The molecule has 0 unspecified atom stereocenters. The van der Waals surface area contributed by atoms with Gasteiger partial charge in [-0.15, -0.1) is 0 Å². The number of hydrogen-bond acceptors (Lipinski definition) is 2. The molecule has 0 atom stereocenters. The number of nitrogens with zero attached hydrogens (tertiary/aromatic N) is 1. The van der Waals surface area contributed by atoms with Gasteiger partial charge in [0.05, 0.1) is 0 Å². The Kier molecular flexibility index (Phi) is 4.90. The molecule has 4 rings (SSSR count). The van der Waals surface area contributed by atoms with E-state index in [1.807, 2.05) is 43.3 Å². The quantitative estimate of drug-likeness (QED) is 0.678. The van der Waals surface area contributed by atoms with E-state index in [1.165, 1.54) is 22.3 Å². The standard InChI is InChI=1S/C23H23N3O/c1-17-7-10-21(11-8-17)24-23(27)25-22-12-9-19-15-26(16-20(19)13-22)14-18-5-3-2-4-6-18/h2-13H,14-16H2,1H3,(H2,24,25,27). The van der Waals surface area contributed by atoms with Crippen LogP contribution in [0.5, 0.6) is 0 Å². The fourth-order valence-electron chi connectivity index (χ4n) is 3.43. The Morgan fingerprint density at radius 1 is 0.852 bits per heavy atom. The summed E-state index contributed by atoms with van der Waals surface area (Å²) in [5.74, 6) is 0. The van der Waals surface area contributed by atoms with Crippen LogP contribution in [0.3, 0.4) is 0 Å². The maximum Gasteiger partial charge on any atom is 0.323 e. The first-order valence-corrected chi connectivity index (χ1v) is 9.18. The van der Waals surface area contributed by atoms with Gasteiger partial charge in [0, 0.05) is 31.0 Å². The van der Waals surface area contributed by atoms with E-state index in [-0.39, 0.29) is 6.03 Å². The number of urea groups is 1. The van der Waals surface area contributed by atoms with E-state index >= 15 is 0 Å². The van der Waals surface area contributed by atoms with Gasteiger partial charge in [-0.1, -0.05) is 54.1 Å². The molecular weight excluding hydrogens is 334 g/mol. The maximum atomic E-state index is 12.2. The molecule has 136 valence electrons. The molecule has 0 spiro atoms. The Morgan fingerprint density at radius 3 is 2.30 bits per heavy atom. The Balaban J connectivity index is 1.37. The molecule has 0 bridgehead atoms. The normalized spacial score (nSPS) is 13.2. The first-order chi connectivity index (χ1) is 13.2. The van der Waals surface area contributed by atoms with Crippen LogP contribution < -0.4 is 10.6 Å². The third-order valence-corrected chi connectivity index (χ3v) is 4.81. The highest BCUT2D eigenvalue weighted by atomic mass is 16.2. The van der Waals surface area contributed by atoms with Crippen molar-refractivity contribution in [1.82, 2.24) is 4.90 Å². The average Bonchev–Trinajstić information content (AvgIpc) is 3.06. The molecule has 0 aromatic heterocycles. The zero-order valence-corrected chi connectivity index (χ0v) is 15.4. The number of rotatable bonds is 4. The lowest BCUT2D eigenvalue weighted by molar-refractivity contribution is 0.262. The van der Waals surface area contributed by atoms with Crippen molar-refractivity contribution >= 4 is 17.4 Å². The summed E-state index contributed by atoms with van der Waals surface area (Å²) in [5, 5.41) is 5.80. The number of amides is 2. The summed E-state index contributed by atoms with van der Waals surface area (Å²) in [6, 6.07) is 24.2. The van der Waals surface area contributed by atoms with Crippen LogP contribution in [0, 0.1) is 6.92 Å². The van der Waals surface area contributed by atoms with E-state index < -0.39 is 0 Å². The predicted octanol–water partition coefficient (Wildman–Crippen LogP) is 5.15. The van der Waals surface area contributed by atoms with Crippen molar-refractivity contribution in [2.45, 2.75) is 26.6 Å². The van der Waals surface area contributed by atoms with Gasteiger partial charge in [-0.3, -0.25) is 4.90 Å². The topological polar surface area (TPSA) is 44.4 Å². The SMILES string of the molecule is Cc1ccc(NC(=O)Nc2ccc3c(c2)CN(Cc2ccccc2)C3)cc1. The van der Waals surface area contributed by atoms with Crippen LogP contribution >= 0.6 is 0 Å². The van der Waals surface area contributed by atoms with Crippen LogP contribution in [0.15, 0.2) is 72.8 Å². The van der Waals surface area contributed by atoms with Crippen molar-refractivity contribution in [1.29, 1.82) is 0 Å². The third-order valence-electron chi connectivity index (χ3n) is 4.81. The summed E-state index contributed by atoms with van der Waals surface area (Å²) in [4.78, 5) is 14.7.